The molecule has 1 saturated heterocycles. The summed E-state index contributed by atoms with van der Waals surface area (Å²) in [6.07, 6.45) is -0.273. The van der Waals surface area contributed by atoms with E-state index in [-0.39, 0.29) is 12.4 Å². The van der Waals surface area contributed by atoms with Gasteiger partial charge in [-0.15, -0.1) is 11.6 Å². The van der Waals surface area contributed by atoms with Crippen LogP contribution in [0.5, 0.6) is 0 Å². The highest BCUT2D eigenvalue weighted by molar-refractivity contribution is 6.18. The minimum atomic E-state index is -0.277. The van der Waals surface area contributed by atoms with Gasteiger partial charge in [-0.2, -0.15) is 0 Å². The molecule has 0 aliphatic carbocycles. The number of methoxy groups -OCH3 is 1. The number of hydrogen-bond acceptors (Lipinski definition) is 3. The van der Waals surface area contributed by atoms with Gasteiger partial charge in [-0.3, -0.25) is 0 Å². The summed E-state index contributed by atoms with van der Waals surface area (Å²) in [7, 11) is 1.68. The van der Waals surface area contributed by atoms with Gasteiger partial charge < -0.3 is 14.2 Å². The normalized spacial score (nSPS) is 24.9. The Morgan fingerprint density at radius 1 is 1.38 bits per heavy atom. The molecule has 1 aliphatic heterocycles. The van der Waals surface area contributed by atoms with E-state index in [4.69, 9.17) is 25.8 Å². The highest BCUT2D eigenvalue weighted by Gasteiger charge is 2.26. The molecule has 0 radical (unpaired) electrons. The van der Waals surface area contributed by atoms with Crippen molar-refractivity contribution in [2.24, 2.45) is 0 Å². The van der Waals surface area contributed by atoms with E-state index in [1.54, 1.807) is 7.11 Å². The molecule has 0 spiro atoms. The monoisotopic (exact) mass is 242 g/mol. The van der Waals surface area contributed by atoms with Crippen molar-refractivity contribution < 1.29 is 14.2 Å². The lowest BCUT2D eigenvalue weighted by molar-refractivity contribution is -0.0567. The summed E-state index contributed by atoms with van der Waals surface area (Å²) >= 11 is 5.71. The summed E-state index contributed by atoms with van der Waals surface area (Å²) in [6.45, 7) is 1.19. The molecule has 0 aromatic heterocycles. The molecular weight excluding hydrogens is 228 g/mol. The highest BCUT2D eigenvalue weighted by atomic mass is 35.5. The second-order valence-corrected chi connectivity index (χ2v) is 4.06. The molecule has 0 amide bonds. The second kappa shape index (κ2) is 5.64. The van der Waals surface area contributed by atoms with Crippen LogP contribution in [0, 0.1) is 0 Å². The Labute approximate surface area is 100 Å². The Morgan fingerprint density at radius 3 is 2.69 bits per heavy atom. The molecule has 1 aromatic carbocycles. The van der Waals surface area contributed by atoms with Crippen LogP contribution in [0.4, 0.5) is 0 Å². The molecule has 2 unspecified atom stereocenters. The average Bonchev–Trinajstić information content (AvgIpc) is 2.79. The third kappa shape index (κ3) is 2.74. The molecule has 1 aliphatic rings. The topological polar surface area (TPSA) is 27.7 Å². The zero-order valence-corrected chi connectivity index (χ0v) is 9.94. The molecule has 0 N–H and O–H groups in total. The molecule has 2 rings (SSSR count). The first-order chi connectivity index (χ1) is 7.83. The first kappa shape index (κ1) is 11.9. The lowest BCUT2D eigenvalue weighted by Gasteiger charge is -2.11. The first-order valence-corrected chi connectivity index (χ1v) is 5.77. The van der Waals surface area contributed by atoms with Crippen molar-refractivity contribution in [2.75, 3.05) is 19.6 Å². The van der Waals surface area contributed by atoms with Crippen LogP contribution < -0.4 is 0 Å². The minimum Gasteiger partial charge on any atom is -0.380 e. The fraction of sp³-hybridized carbons (Fsp3) is 0.500. The van der Waals surface area contributed by atoms with E-state index in [9.17, 15) is 0 Å². The van der Waals surface area contributed by atoms with E-state index in [1.807, 2.05) is 24.3 Å². The van der Waals surface area contributed by atoms with Gasteiger partial charge in [0.05, 0.1) is 25.2 Å². The summed E-state index contributed by atoms with van der Waals surface area (Å²) in [6, 6.07) is 8.02. The molecule has 1 fully saturated rings. The number of ether oxygens (including phenoxy) is 3. The van der Waals surface area contributed by atoms with E-state index in [2.05, 4.69) is 0 Å². The van der Waals surface area contributed by atoms with E-state index in [1.165, 1.54) is 0 Å². The van der Waals surface area contributed by atoms with Gasteiger partial charge in [0.2, 0.25) is 0 Å². The summed E-state index contributed by atoms with van der Waals surface area (Å²) in [5, 5.41) is 0. The van der Waals surface area contributed by atoms with E-state index < -0.39 is 0 Å². The standard InChI is InChI=1S/C12H15ClO3/c1-14-7-9-2-4-10(5-3-9)12-15-8-11(6-13)16-12/h2-5,11-12H,6-8H2,1H3. The Hall–Kier alpha value is -0.610. The lowest BCUT2D eigenvalue weighted by atomic mass is 10.1. The Kier molecular flexibility index (Phi) is 4.18. The third-order valence-corrected chi connectivity index (χ3v) is 2.83. The number of halogens is 1. The zero-order chi connectivity index (χ0) is 11.4. The maximum atomic E-state index is 5.71. The maximum absolute atomic E-state index is 5.71. The van der Waals surface area contributed by atoms with Gasteiger partial charge in [0.15, 0.2) is 6.29 Å². The SMILES string of the molecule is COCc1ccc(C2OCC(CCl)O2)cc1. The van der Waals surface area contributed by atoms with Crippen molar-refractivity contribution in [3.63, 3.8) is 0 Å². The quantitative estimate of drug-likeness (QED) is 0.760. The fourth-order valence-corrected chi connectivity index (χ4v) is 1.80. The number of alkyl halides is 1. The van der Waals surface area contributed by atoms with Crippen molar-refractivity contribution >= 4 is 11.6 Å². The van der Waals surface area contributed by atoms with Gasteiger partial charge in [-0.25, -0.2) is 0 Å². The highest BCUT2D eigenvalue weighted by Crippen LogP contribution is 2.27. The van der Waals surface area contributed by atoms with Gasteiger partial charge in [-0.1, -0.05) is 24.3 Å². The van der Waals surface area contributed by atoms with E-state index in [0.717, 1.165) is 11.1 Å². The van der Waals surface area contributed by atoms with Gasteiger partial charge in [0.1, 0.15) is 0 Å². The van der Waals surface area contributed by atoms with E-state index in [0.29, 0.717) is 19.1 Å². The smallest absolute Gasteiger partial charge is 0.184 e. The lowest BCUT2D eigenvalue weighted by Crippen LogP contribution is -2.10. The van der Waals surface area contributed by atoms with Crippen LogP contribution in [-0.4, -0.2) is 25.7 Å². The Balaban J connectivity index is 1.99. The molecular formula is C12H15ClO3. The summed E-state index contributed by atoms with van der Waals surface area (Å²) in [5.41, 5.74) is 2.16. The largest absolute Gasteiger partial charge is 0.380 e. The predicted molar refractivity (Wildman–Crippen MR) is 61.4 cm³/mol. The van der Waals surface area contributed by atoms with Crippen molar-refractivity contribution in [3.05, 3.63) is 35.4 Å². The van der Waals surface area contributed by atoms with Crippen molar-refractivity contribution in [2.45, 2.75) is 19.0 Å². The number of benzene rings is 1. The molecule has 3 nitrogen and oxygen atoms in total. The van der Waals surface area contributed by atoms with Gasteiger partial charge in [0.25, 0.3) is 0 Å². The Morgan fingerprint density at radius 2 is 2.12 bits per heavy atom. The number of rotatable bonds is 4. The second-order valence-electron chi connectivity index (χ2n) is 3.75. The van der Waals surface area contributed by atoms with E-state index >= 15 is 0 Å². The van der Waals surface area contributed by atoms with Crippen LogP contribution >= 0.6 is 11.6 Å². The van der Waals surface area contributed by atoms with Crippen LogP contribution in [0.3, 0.4) is 0 Å². The van der Waals surface area contributed by atoms with Crippen LogP contribution in [0.2, 0.25) is 0 Å². The van der Waals surface area contributed by atoms with Crippen LogP contribution in [-0.2, 0) is 20.8 Å². The first-order valence-electron chi connectivity index (χ1n) is 5.24. The summed E-state index contributed by atoms with van der Waals surface area (Å²) < 4.78 is 16.2. The molecule has 1 heterocycles. The zero-order valence-electron chi connectivity index (χ0n) is 9.19. The van der Waals surface area contributed by atoms with Crippen molar-refractivity contribution in [1.29, 1.82) is 0 Å². The van der Waals surface area contributed by atoms with Gasteiger partial charge in [-0.05, 0) is 5.56 Å². The molecule has 0 bridgehead atoms. The molecule has 0 saturated carbocycles. The molecule has 88 valence electrons. The van der Waals surface area contributed by atoms with Gasteiger partial charge in [0, 0.05) is 12.7 Å². The molecule has 4 heteroatoms. The Bertz CT molecular complexity index is 326. The van der Waals surface area contributed by atoms with Gasteiger partial charge >= 0.3 is 0 Å². The molecule has 2 atom stereocenters. The maximum Gasteiger partial charge on any atom is 0.184 e. The van der Waals surface area contributed by atoms with Crippen LogP contribution in [0.1, 0.15) is 17.4 Å². The van der Waals surface area contributed by atoms with Crippen molar-refractivity contribution in [3.8, 4) is 0 Å². The molecule has 1 aromatic rings. The van der Waals surface area contributed by atoms with Crippen molar-refractivity contribution in [1.82, 2.24) is 0 Å². The fourth-order valence-electron chi connectivity index (χ4n) is 1.64. The third-order valence-electron chi connectivity index (χ3n) is 2.48. The predicted octanol–water partition coefficient (Wildman–Crippen LogP) is 2.49. The van der Waals surface area contributed by atoms with Crippen LogP contribution in [0.25, 0.3) is 0 Å². The van der Waals surface area contributed by atoms with Crippen LogP contribution in [0.15, 0.2) is 24.3 Å². The summed E-state index contributed by atoms with van der Waals surface area (Å²) in [5.74, 6) is 0.470. The summed E-state index contributed by atoms with van der Waals surface area (Å²) in [4.78, 5) is 0. The average molecular weight is 243 g/mol. The number of hydrogen-bond donors (Lipinski definition) is 0. The minimum absolute atomic E-state index is 0.00492. The molecule has 16 heavy (non-hydrogen) atoms.